The molecule has 1 heterocycles. The molecule has 0 aromatic rings. The molecule has 4 nitrogen and oxygen atoms in total. The van der Waals surface area contributed by atoms with Gasteiger partial charge in [-0.1, -0.05) is 12.2 Å². The predicted octanol–water partition coefficient (Wildman–Crippen LogP) is 1.13. The summed E-state index contributed by atoms with van der Waals surface area (Å²) < 4.78 is 0. The zero-order chi connectivity index (χ0) is 12.0. The minimum absolute atomic E-state index is 0.0757. The van der Waals surface area contributed by atoms with Crippen molar-refractivity contribution in [3.63, 3.8) is 0 Å². The van der Waals surface area contributed by atoms with Crippen molar-refractivity contribution in [1.29, 1.82) is 0 Å². The van der Waals surface area contributed by atoms with Gasteiger partial charge in [0.2, 0.25) is 5.91 Å². The Hall–Kier alpha value is -1.32. The lowest BCUT2D eigenvalue weighted by molar-refractivity contribution is -0.150. The number of carboxylic acid groups (broad SMARTS) is 1. The van der Waals surface area contributed by atoms with E-state index < -0.39 is 11.9 Å². The van der Waals surface area contributed by atoms with E-state index in [-0.39, 0.29) is 23.7 Å². The third-order valence-corrected chi connectivity index (χ3v) is 4.45. The number of aliphatic carboxylic acids is 1. The molecular weight excluding hydrogens is 218 g/mol. The summed E-state index contributed by atoms with van der Waals surface area (Å²) in [5.41, 5.74) is 0. The first-order valence-corrected chi connectivity index (χ1v) is 6.38. The van der Waals surface area contributed by atoms with E-state index in [4.69, 9.17) is 0 Å². The largest absolute Gasteiger partial charge is 0.481 e. The van der Waals surface area contributed by atoms with Crippen LogP contribution in [0.1, 0.15) is 19.3 Å². The molecule has 4 heteroatoms. The molecule has 1 saturated carbocycles. The van der Waals surface area contributed by atoms with Gasteiger partial charge in [-0.05, 0) is 31.1 Å². The lowest BCUT2D eigenvalue weighted by Gasteiger charge is -2.28. The highest BCUT2D eigenvalue weighted by molar-refractivity contribution is 5.87. The Bertz CT molecular complexity index is 384. The van der Waals surface area contributed by atoms with Crippen LogP contribution in [-0.2, 0) is 9.59 Å². The first kappa shape index (κ1) is 10.8. The fourth-order valence-electron chi connectivity index (χ4n) is 3.64. The van der Waals surface area contributed by atoms with Crippen LogP contribution in [0.2, 0.25) is 0 Å². The average molecular weight is 235 g/mol. The van der Waals surface area contributed by atoms with E-state index in [1.807, 2.05) is 17.1 Å². The lowest BCUT2D eigenvalue weighted by Crippen LogP contribution is -2.41. The molecule has 0 unspecified atom stereocenters. The van der Waals surface area contributed by atoms with E-state index in [0.29, 0.717) is 0 Å². The van der Waals surface area contributed by atoms with Crippen LogP contribution in [0.4, 0.5) is 0 Å². The second kappa shape index (κ2) is 3.86. The predicted molar refractivity (Wildman–Crippen MR) is 61.2 cm³/mol. The van der Waals surface area contributed by atoms with Crippen molar-refractivity contribution in [1.82, 2.24) is 4.90 Å². The number of fused-ring (bicyclic) bond motifs is 2. The molecule has 2 bridgehead atoms. The van der Waals surface area contributed by atoms with Gasteiger partial charge in [0, 0.05) is 13.1 Å². The van der Waals surface area contributed by atoms with E-state index in [0.717, 1.165) is 32.4 Å². The molecule has 0 aromatic heterocycles. The summed E-state index contributed by atoms with van der Waals surface area (Å²) in [5.74, 6) is -1.28. The Kier molecular flexibility index (Phi) is 2.45. The number of nitrogens with zero attached hydrogens (tertiary/aromatic N) is 1. The van der Waals surface area contributed by atoms with Gasteiger partial charge in [0.05, 0.1) is 11.8 Å². The Morgan fingerprint density at radius 3 is 2.24 bits per heavy atom. The smallest absolute Gasteiger partial charge is 0.307 e. The first-order valence-electron chi connectivity index (χ1n) is 6.38. The maximum absolute atomic E-state index is 12.4. The number of carbonyl (C=O) groups is 2. The summed E-state index contributed by atoms with van der Waals surface area (Å²) in [5, 5.41) is 9.29. The van der Waals surface area contributed by atoms with Gasteiger partial charge in [-0.3, -0.25) is 9.59 Å². The van der Waals surface area contributed by atoms with Crippen molar-refractivity contribution in [3.8, 4) is 0 Å². The fourth-order valence-corrected chi connectivity index (χ4v) is 3.64. The number of amides is 1. The average Bonchev–Trinajstić information content (AvgIpc) is 3.02. The maximum atomic E-state index is 12.4. The van der Waals surface area contributed by atoms with Gasteiger partial charge in [0.15, 0.2) is 0 Å². The van der Waals surface area contributed by atoms with Gasteiger partial charge in [-0.25, -0.2) is 0 Å². The van der Waals surface area contributed by atoms with Crippen LogP contribution in [0.25, 0.3) is 0 Å². The third kappa shape index (κ3) is 1.58. The van der Waals surface area contributed by atoms with Crippen LogP contribution in [0.3, 0.4) is 0 Å². The van der Waals surface area contributed by atoms with Crippen molar-refractivity contribution in [2.45, 2.75) is 19.3 Å². The molecule has 1 amide bonds. The molecule has 0 spiro atoms. The lowest BCUT2D eigenvalue weighted by atomic mass is 9.82. The normalized spacial score (nSPS) is 38.9. The number of hydrogen-bond donors (Lipinski definition) is 1. The van der Waals surface area contributed by atoms with E-state index in [1.54, 1.807) is 0 Å². The molecule has 92 valence electrons. The molecule has 2 aliphatic carbocycles. The van der Waals surface area contributed by atoms with Gasteiger partial charge in [0.1, 0.15) is 0 Å². The highest BCUT2D eigenvalue weighted by Crippen LogP contribution is 2.48. The summed E-state index contributed by atoms with van der Waals surface area (Å²) in [7, 11) is 0. The van der Waals surface area contributed by atoms with E-state index >= 15 is 0 Å². The summed E-state index contributed by atoms with van der Waals surface area (Å²) in [6, 6.07) is 0. The van der Waals surface area contributed by atoms with Gasteiger partial charge in [-0.15, -0.1) is 0 Å². The van der Waals surface area contributed by atoms with Crippen LogP contribution in [0, 0.1) is 23.7 Å². The van der Waals surface area contributed by atoms with Crippen LogP contribution >= 0.6 is 0 Å². The standard InChI is InChI=1S/C13H17NO3/c15-12(14-5-1-2-6-14)10-8-3-4-9(7-8)11(10)13(16)17/h3-4,8-11H,1-2,5-7H2,(H,16,17)/t8-,9+,10+,11-/m0/s1. The number of carboxylic acids is 1. The SMILES string of the molecule is O=C(O)[C@@H]1[C@H](C(=O)N2CCCC2)[C@H]2C=C[C@@H]1C2. The topological polar surface area (TPSA) is 57.6 Å². The molecule has 4 atom stereocenters. The van der Waals surface area contributed by atoms with Crippen LogP contribution in [-0.4, -0.2) is 35.0 Å². The first-order chi connectivity index (χ1) is 8.18. The molecular formula is C13H17NO3. The Morgan fingerprint density at radius 2 is 1.65 bits per heavy atom. The maximum Gasteiger partial charge on any atom is 0.307 e. The number of rotatable bonds is 2. The Labute approximate surface area is 100 Å². The zero-order valence-electron chi connectivity index (χ0n) is 9.71. The van der Waals surface area contributed by atoms with Gasteiger partial charge < -0.3 is 10.0 Å². The van der Waals surface area contributed by atoms with E-state index in [9.17, 15) is 14.7 Å². The van der Waals surface area contributed by atoms with Gasteiger partial charge >= 0.3 is 5.97 Å². The van der Waals surface area contributed by atoms with Gasteiger partial charge in [-0.2, -0.15) is 0 Å². The molecule has 2 fully saturated rings. The van der Waals surface area contributed by atoms with Crippen molar-refractivity contribution in [2.75, 3.05) is 13.1 Å². The van der Waals surface area contributed by atoms with Crippen LogP contribution in [0.5, 0.6) is 0 Å². The van der Waals surface area contributed by atoms with E-state index in [1.165, 1.54) is 0 Å². The van der Waals surface area contributed by atoms with E-state index in [2.05, 4.69) is 0 Å². The summed E-state index contributed by atoms with van der Waals surface area (Å²) in [4.78, 5) is 25.6. The molecule has 3 aliphatic rings. The molecule has 1 aliphatic heterocycles. The minimum atomic E-state index is -0.806. The summed E-state index contributed by atoms with van der Waals surface area (Å²) in [6.45, 7) is 1.62. The second-order valence-corrected chi connectivity index (χ2v) is 5.37. The molecule has 0 radical (unpaired) electrons. The Morgan fingerprint density at radius 1 is 1.06 bits per heavy atom. The van der Waals surface area contributed by atoms with Crippen molar-refractivity contribution in [2.24, 2.45) is 23.7 Å². The minimum Gasteiger partial charge on any atom is -0.481 e. The molecule has 1 saturated heterocycles. The quantitative estimate of drug-likeness (QED) is 0.730. The molecule has 3 rings (SSSR count). The van der Waals surface area contributed by atoms with Crippen LogP contribution in [0.15, 0.2) is 12.2 Å². The molecule has 1 N–H and O–H groups in total. The monoisotopic (exact) mass is 235 g/mol. The number of carbonyl (C=O) groups excluding carboxylic acids is 1. The highest BCUT2D eigenvalue weighted by atomic mass is 16.4. The van der Waals surface area contributed by atoms with Crippen molar-refractivity contribution >= 4 is 11.9 Å². The number of likely N-dealkylation sites (tertiary alicyclic amines) is 1. The molecule has 17 heavy (non-hydrogen) atoms. The van der Waals surface area contributed by atoms with Gasteiger partial charge in [0.25, 0.3) is 0 Å². The van der Waals surface area contributed by atoms with Crippen molar-refractivity contribution < 1.29 is 14.7 Å². The fraction of sp³-hybridized carbons (Fsp3) is 0.692. The van der Waals surface area contributed by atoms with Crippen LogP contribution < -0.4 is 0 Å². The summed E-state index contributed by atoms with van der Waals surface area (Å²) in [6.07, 6.45) is 6.99. The van der Waals surface area contributed by atoms with Crippen molar-refractivity contribution in [3.05, 3.63) is 12.2 Å². The number of allylic oxidation sites excluding steroid dienone is 2. The number of hydrogen-bond acceptors (Lipinski definition) is 2. The third-order valence-electron chi connectivity index (χ3n) is 4.45. The summed E-state index contributed by atoms with van der Waals surface area (Å²) >= 11 is 0. The molecule has 0 aromatic carbocycles. The zero-order valence-corrected chi connectivity index (χ0v) is 9.71. The second-order valence-electron chi connectivity index (χ2n) is 5.37. The Balaban J connectivity index is 1.83. The highest BCUT2D eigenvalue weighted by Gasteiger charge is 2.52.